The van der Waals surface area contributed by atoms with E-state index in [2.05, 4.69) is 29.6 Å². The number of carbonyl (C=O) groups excluding carboxylic acids is 1. The molecule has 2 atom stereocenters. The first kappa shape index (κ1) is 15.5. The van der Waals surface area contributed by atoms with Crippen molar-refractivity contribution in [1.82, 2.24) is 5.43 Å². The Labute approximate surface area is 137 Å². The molecule has 0 saturated heterocycles. The third kappa shape index (κ3) is 3.86. The number of benzene rings is 2. The van der Waals surface area contributed by atoms with Crippen LogP contribution in [0.15, 0.2) is 65.8 Å². The highest BCUT2D eigenvalue weighted by Crippen LogP contribution is 2.47. The molecule has 0 radical (unpaired) electrons. The lowest BCUT2D eigenvalue weighted by molar-refractivity contribution is -0.122. The standard InChI is InChI=1S/C20H22N2O/c1-2-9-19(16-12-7-4-8-13-16)21-22-20(23)18-14-17(18)15-10-5-3-6-11-15/h3-8,10-13,17-18H,2,9,14H2,1H3,(H,22,23)/b21-19-/t17-,18-/m0/s1. The highest BCUT2D eigenvalue weighted by molar-refractivity contribution is 6.01. The van der Waals surface area contributed by atoms with Crippen molar-refractivity contribution in [3.63, 3.8) is 0 Å². The van der Waals surface area contributed by atoms with Crippen LogP contribution >= 0.6 is 0 Å². The Morgan fingerprint density at radius 2 is 1.74 bits per heavy atom. The SMILES string of the molecule is CCC/C(=N/NC(=O)[C@H]1C[C@H]1c1ccccc1)c1ccccc1. The Morgan fingerprint density at radius 3 is 2.39 bits per heavy atom. The van der Waals surface area contributed by atoms with Gasteiger partial charge in [0.05, 0.1) is 5.71 Å². The number of hydrogen-bond acceptors (Lipinski definition) is 2. The van der Waals surface area contributed by atoms with Gasteiger partial charge in [-0.1, -0.05) is 74.0 Å². The molecule has 0 bridgehead atoms. The number of rotatable bonds is 6. The molecule has 1 fully saturated rings. The van der Waals surface area contributed by atoms with Gasteiger partial charge >= 0.3 is 0 Å². The van der Waals surface area contributed by atoms with Gasteiger partial charge in [0.25, 0.3) is 0 Å². The molecule has 0 aliphatic heterocycles. The van der Waals surface area contributed by atoms with E-state index in [1.165, 1.54) is 5.56 Å². The van der Waals surface area contributed by atoms with Crippen LogP contribution in [0.1, 0.15) is 43.2 Å². The van der Waals surface area contributed by atoms with Crippen LogP contribution in [0.2, 0.25) is 0 Å². The molecule has 118 valence electrons. The van der Waals surface area contributed by atoms with Crippen molar-refractivity contribution in [2.24, 2.45) is 11.0 Å². The summed E-state index contributed by atoms with van der Waals surface area (Å²) < 4.78 is 0. The van der Waals surface area contributed by atoms with Crippen molar-refractivity contribution in [3.8, 4) is 0 Å². The molecule has 3 heteroatoms. The van der Waals surface area contributed by atoms with E-state index in [1.807, 2.05) is 48.5 Å². The normalized spacial score (nSPS) is 20.1. The summed E-state index contributed by atoms with van der Waals surface area (Å²) in [7, 11) is 0. The summed E-state index contributed by atoms with van der Waals surface area (Å²) in [5.74, 6) is 0.431. The van der Waals surface area contributed by atoms with Crippen LogP contribution < -0.4 is 5.43 Å². The molecule has 0 aromatic heterocycles. The average Bonchev–Trinajstić information content (AvgIpc) is 3.41. The van der Waals surface area contributed by atoms with Gasteiger partial charge in [-0.3, -0.25) is 4.79 Å². The quantitative estimate of drug-likeness (QED) is 0.633. The molecular weight excluding hydrogens is 284 g/mol. The van der Waals surface area contributed by atoms with Crippen LogP contribution in [-0.2, 0) is 4.79 Å². The van der Waals surface area contributed by atoms with Crippen LogP contribution in [-0.4, -0.2) is 11.6 Å². The average molecular weight is 306 g/mol. The van der Waals surface area contributed by atoms with Crippen LogP contribution in [0.3, 0.4) is 0 Å². The van der Waals surface area contributed by atoms with Gasteiger partial charge in [0.1, 0.15) is 0 Å². The van der Waals surface area contributed by atoms with Gasteiger partial charge in [-0.25, -0.2) is 5.43 Å². The molecule has 1 N–H and O–H groups in total. The second-order valence-corrected chi connectivity index (χ2v) is 6.01. The highest BCUT2D eigenvalue weighted by Gasteiger charge is 2.43. The first-order chi connectivity index (χ1) is 11.3. The van der Waals surface area contributed by atoms with E-state index < -0.39 is 0 Å². The summed E-state index contributed by atoms with van der Waals surface area (Å²) in [6.45, 7) is 2.12. The Hall–Kier alpha value is -2.42. The van der Waals surface area contributed by atoms with E-state index in [0.717, 1.165) is 30.5 Å². The number of amides is 1. The second-order valence-electron chi connectivity index (χ2n) is 6.01. The van der Waals surface area contributed by atoms with Crippen molar-refractivity contribution in [2.45, 2.75) is 32.1 Å². The molecule has 1 saturated carbocycles. The van der Waals surface area contributed by atoms with Crippen molar-refractivity contribution in [2.75, 3.05) is 0 Å². The van der Waals surface area contributed by atoms with Gasteiger partial charge in [-0.2, -0.15) is 5.10 Å². The van der Waals surface area contributed by atoms with Gasteiger partial charge in [0, 0.05) is 5.92 Å². The zero-order valence-electron chi connectivity index (χ0n) is 13.4. The second kappa shape index (κ2) is 7.23. The zero-order valence-corrected chi connectivity index (χ0v) is 13.4. The maximum Gasteiger partial charge on any atom is 0.243 e. The largest absolute Gasteiger partial charge is 0.273 e. The maximum atomic E-state index is 12.3. The van der Waals surface area contributed by atoms with E-state index in [4.69, 9.17) is 0 Å². The summed E-state index contributed by atoms with van der Waals surface area (Å²) in [5, 5.41) is 4.39. The van der Waals surface area contributed by atoms with E-state index >= 15 is 0 Å². The number of hydrazone groups is 1. The van der Waals surface area contributed by atoms with Gasteiger partial charge in [-0.05, 0) is 29.9 Å². The van der Waals surface area contributed by atoms with Gasteiger partial charge in [-0.15, -0.1) is 0 Å². The topological polar surface area (TPSA) is 41.5 Å². The lowest BCUT2D eigenvalue weighted by atomic mass is 10.1. The fourth-order valence-electron chi connectivity index (χ4n) is 2.89. The molecular formula is C20H22N2O. The third-order valence-corrected chi connectivity index (χ3v) is 4.25. The molecule has 2 aromatic carbocycles. The predicted molar refractivity (Wildman–Crippen MR) is 93.3 cm³/mol. The first-order valence-electron chi connectivity index (χ1n) is 8.26. The van der Waals surface area contributed by atoms with Crippen LogP contribution in [0.25, 0.3) is 0 Å². The number of nitrogens with zero attached hydrogens (tertiary/aromatic N) is 1. The molecule has 3 nitrogen and oxygen atoms in total. The van der Waals surface area contributed by atoms with Gasteiger partial charge < -0.3 is 0 Å². The van der Waals surface area contributed by atoms with Crippen LogP contribution in [0, 0.1) is 5.92 Å². The Kier molecular flexibility index (Phi) is 4.86. The number of hydrogen-bond donors (Lipinski definition) is 1. The van der Waals surface area contributed by atoms with Crippen LogP contribution in [0.4, 0.5) is 0 Å². The van der Waals surface area contributed by atoms with Crippen molar-refractivity contribution in [1.29, 1.82) is 0 Å². The fourth-order valence-corrected chi connectivity index (χ4v) is 2.89. The smallest absolute Gasteiger partial charge is 0.243 e. The molecule has 3 rings (SSSR count). The van der Waals surface area contributed by atoms with Crippen molar-refractivity contribution in [3.05, 3.63) is 71.8 Å². The first-order valence-corrected chi connectivity index (χ1v) is 8.26. The number of nitrogens with one attached hydrogen (secondary N) is 1. The van der Waals surface area contributed by atoms with E-state index in [0.29, 0.717) is 5.92 Å². The zero-order chi connectivity index (χ0) is 16.1. The number of carbonyl (C=O) groups is 1. The fraction of sp³-hybridized carbons (Fsp3) is 0.300. The monoisotopic (exact) mass is 306 g/mol. The minimum Gasteiger partial charge on any atom is -0.273 e. The Bertz CT molecular complexity index is 679. The third-order valence-electron chi connectivity index (χ3n) is 4.25. The molecule has 0 unspecified atom stereocenters. The molecule has 1 aliphatic carbocycles. The summed E-state index contributed by atoms with van der Waals surface area (Å²) in [5.41, 5.74) is 6.04. The summed E-state index contributed by atoms with van der Waals surface area (Å²) in [6.07, 6.45) is 2.77. The van der Waals surface area contributed by atoms with Gasteiger partial charge in [0.2, 0.25) is 5.91 Å². The maximum absolute atomic E-state index is 12.3. The highest BCUT2D eigenvalue weighted by atomic mass is 16.2. The van der Waals surface area contributed by atoms with E-state index in [-0.39, 0.29) is 11.8 Å². The molecule has 23 heavy (non-hydrogen) atoms. The lowest BCUT2D eigenvalue weighted by Crippen LogP contribution is -2.22. The lowest BCUT2D eigenvalue weighted by Gasteiger charge is -2.06. The Morgan fingerprint density at radius 1 is 1.09 bits per heavy atom. The van der Waals surface area contributed by atoms with Gasteiger partial charge in [0.15, 0.2) is 0 Å². The summed E-state index contributed by atoms with van der Waals surface area (Å²) in [4.78, 5) is 12.3. The Balaban J connectivity index is 1.63. The van der Waals surface area contributed by atoms with Crippen LogP contribution in [0.5, 0.6) is 0 Å². The minimum absolute atomic E-state index is 0.0309. The predicted octanol–water partition coefficient (Wildman–Crippen LogP) is 4.11. The molecule has 2 aromatic rings. The summed E-state index contributed by atoms with van der Waals surface area (Å²) >= 11 is 0. The van der Waals surface area contributed by atoms with Crippen molar-refractivity contribution >= 4 is 11.6 Å². The molecule has 1 amide bonds. The van der Waals surface area contributed by atoms with Crippen molar-refractivity contribution < 1.29 is 4.79 Å². The van der Waals surface area contributed by atoms with E-state index in [1.54, 1.807) is 0 Å². The summed E-state index contributed by atoms with van der Waals surface area (Å²) in [6, 6.07) is 20.3. The molecule has 0 spiro atoms. The molecule has 0 heterocycles. The molecule has 1 aliphatic rings. The van der Waals surface area contributed by atoms with E-state index in [9.17, 15) is 4.79 Å². The minimum atomic E-state index is 0.0309.